The zero-order valence-electron chi connectivity index (χ0n) is 14.5. The SMILES string of the molecule is CN1C(=O)/C(=C/c2ccc(O)c([N+](=O)[O-])c2)SC1=Nc1ccc2c(c1)OCO2. The Hall–Kier alpha value is -3.53. The minimum atomic E-state index is -0.681. The molecule has 0 saturated carbocycles. The van der Waals surface area contributed by atoms with Crippen molar-refractivity contribution in [3.8, 4) is 17.2 Å². The second-order valence-corrected chi connectivity index (χ2v) is 6.92. The molecule has 2 heterocycles. The second-order valence-electron chi connectivity index (χ2n) is 5.91. The van der Waals surface area contributed by atoms with Gasteiger partial charge in [-0.05, 0) is 41.6 Å². The number of fused-ring (bicyclic) bond motifs is 1. The number of amidine groups is 1. The van der Waals surface area contributed by atoms with E-state index in [0.717, 1.165) is 11.8 Å². The Labute approximate surface area is 163 Å². The number of nitro benzene ring substituents is 1. The summed E-state index contributed by atoms with van der Waals surface area (Å²) >= 11 is 1.15. The Morgan fingerprint density at radius 1 is 1.25 bits per heavy atom. The van der Waals surface area contributed by atoms with Crippen molar-refractivity contribution in [1.82, 2.24) is 4.90 Å². The van der Waals surface area contributed by atoms with Gasteiger partial charge in [0.1, 0.15) is 0 Å². The summed E-state index contributed by atoms with van der Waals surface area (Å²) in [7, 11) is 1.60. The fourth-order valence-electron chi connectivity index (χ4n) is 2.64. The minimum Gasteiger partial charge on any atom is -0.502 e. The molecule has 1 saturated heterocycles. The molecule has 142 valence electrons. The number of likely N-dealkylation sites (N-methyl/N-ethyl adjacent to an activating group) is 1. The van der Waals surface area contributed by atoms with Crippen molar-refractivity contribution >= 4 is 40.3 Å². The van der Waals surface area contributed by atoms with E-state index in [4.69, 9.17) is 9.47 Å². The first-order valence-corrected chi connectivity index (χ1v) is 8.87. The van der Waals surface area contributed by atoms with E-state index in [1.807, 2.05) is 0 Å². The number of rotatable bonds is 3. The number of thioether (sulfide) groups is 1. The van der Waals surface area contributed by atoms with Gasteiger partial charge in [0.25, 0.3) is 5.91 Å². The van der Waals surface area contributed by atoms with Gasteiger partial charge < -0.3 is 14.6 Å². The molecule has 10 heteroatoms. The number of hydrogen-bond acceptors (Lipinski definition) is 8. The number of aromatic hydroxyl groups is 1. The molecule has 28 heavy (non-hydrogen) atoms. The molecule has 4 rings (SSSR count). The highest BCUT2D eigenvalue weighted by molar-refractivity contribution is 8.18. The van der Waals surface area contributed by atoms with Crippen LogP contribution in [0.15, 0.2) is 46.3 Å². The highest BCUT2D eigenvalue weighted by Crippen LogP contribution is 2.38. The van der Waals surface area contributed by atoms with Gasteiger partial charge in [-0.15, -0.1) is 0 Å². The van der Waals surface area contributed by atoms with E-state index in [0.29, 0.717) is 32.8 Å². The van der Waals surface area contributed by atoms with Crippen LogP contribution in [-0.4, -0.2) is 39.8 Å². The summed E-state index contributed by atoms with van der Waals surface area (Å²) in [5.74, 6) is 0.521. The molecule has 0 aliphatic carbocycles. The van der Waals surface area contributed by atoms with Gasteiger partial charge in [-0.3, -0.25) is 19.8 Å². The van der Waals surface area contributed by atoms with Crippen molar-refractivity contribution < 1.29 is 24.3 Å². The van der Waals surface area contributed by atoms with Gasteiger partial charge in [0.15, 0.2) is 22.4 Å². The number of amides is 1. The normalized spacial score (nSPS) is 18.3. The van der Waals surface area contributed by atoms with E-state index < -0.39 is 16.4 Å². The van der Waals surface area contributed by atoms with E-state index >= 15 is 0 Å². The first-order valence-electron chi connectivity index (χ1n) is 8.06. The summed E-state index contributed by atoms with van der Waals surface area (Å²) in [6.45, 7) is 0.161. The van der Waals surface area contributed by atoms with E-state index in [9.17, 15) is 20.0 Å². The molecule has 2 aliphatic heterocycles. The van der Waals surface area contributed by atoms with Gasteiger partial charge in [-0.2, -0.15) is 0 Å². The molecule has 2 aliphatic rings. The number of ether oxygens (including phenoxy) is 2. The third-order valence-electron chi connectivity index (χ3n) is 4.08. The van der Waals surface area contributed by atoms with Gasteiger partial charge in [-0.1, -0.05) is 6.07 Å². The van der Waals surface area contributed by atoms with Crippen LogP contribution in [0.3, 0.4) is 0 Å². The zero-order chi connectivity index (χ0) is 19.8. The van der Waals surface area contributed by atoms with Crippen molar-refractivity contribution in [3.05, 3.63) is 57.0 Å². The molecule has 0 bridgehead atoms. The third-order valence-corrected chi connectivity index (χ3v) is 5.14. The van der Waals surface area contributed by atoms with Crippen LogP contribution in [0.2, 0.25) is 0 Å². The lowest BCUT2D eigenvalue weighted by Crippen LogP contribution is -2.23. The molecule has 0 spiro atoms. The minimum absolute atomic E-state index is 0.161. The summed E-state index contributed by atoms with van der Waals surface area (Å²) < 4.78 is 10.6. The highest BCUT2D eigenvalue weighted by Gasteiger charge is 2.30. The molecule has 2 aromatic rings. The lowest BCUT2D eigenvalue weighted by molar-refractivity contribution is -0.385. The van der Waals surface area contributed by atoms with Crippen LogP contribution >= 0.6 is 11.8 Å². The van der Waals surface area contributed by atoms with Gasteiger partial charge in [-0.25, -0.2) is 4.99 Å². The molecule has 1 amide bonds. The van der Waals surface area contributed by atoms with Crippen LogP contribution in [0.4, 0.5) is 11.4 Å². The Morgan fingerprint density at radius 3 is 2.82 bits per heavy atom. The lowest BCUT2D eigenvalue weighted by atomic mass is 10.1. The van der Waals surface area contributed by atoms with Gasteiger partial charge in [0.2, 0.25) is 6.79 Å². The Morgan fingerprint density at radius 2 is 2.04 bits per heavy atom. The van der Waals surface area contributed by atoms with E-state index in [-0.39, 0.29) is 12.7 Å². The molecule has 1 fully saturated rings. The van der Waals surface area contributed by atoms with Crippen molar-refractivity contribution in [3.63, 3.8) is 0 Å². The predicted octanol–water partition coefficient (Wildman–Crippen LogP) is 3.26. The van der Waals surface area contributed by atoms with Crippen LogP contribution in [0.25, 0.3) is 6.08 Å². The smallest absolute Gasteiger partial charge is 0.311 e. The maximum absolute atomic E-state index is 12.5. The number of benzene rings is 2. The predicted molar refractivity (Wildman–Crippen MR) is 103 cm³/mol. The van der Waals surface area contributed by atoms with Gasteiger partial charge in [0, 0.05) is 19.2 Å². The molecule has 0 radical (unpaired) electrons. The molecular weight excluding hydrogens is 386 g/mol. The highest BCUT2D eigenvalue weighted by atomic mass is 32.2. The van der Waals surface area contributed by atoms with Gasteiger partial charge in [0.05, 0.1) is 15.5 Å². The Bertz CT molecular complexity index is 1070. The average Bonchev–Trinajstić information content (AvgIpc) is 3.23. The van der Waals surface area contributed by atoms with Gasteiger partial charge >= 0.3 is 5.69 Å². The first kappa shape index (κ1) is 17.9. The van der Waals surface area contributed by atoms with Crippen LogP contribution in [0, 0.1) is 10.1 Å². The second kappa shape index (κ2) is 6.89. The monoisotopic (exact) mass is 399 g/mol. The first-order chi connectivity index (χ1) is 13.4. The number of carbonyl (C=O) groups excluding carboxylic acids is 1. The summed E-state index contributed by atoms with van der Waals surface area (Å²) in [6.07, 6.45) is 1.53. The van der Waals surface area contributed by atoms with Crippen LogP contribution < -0.4 is 9.47 Å². The Balaban J connectivity index is 1.63. The maximum Gasteiger partial charge on any atom is 0.311 e. The summed E-state index contributed by atoms with van der Waals surface area (Å²) in [5.41, 5.74) is 0.610. The van der Waals surface area contributed by atoms with Crippen molar-refractivity contribution in [1.29, 1.82) is 0 Å². The van der Waals surface area contributed by atoms with Crippen molar-refractivity contribution in [2.45, 2.75) is 0 Å². The molecule has 1 N–H and O–H groups in total. The molecule has 0 atom stereocenters. The maximum atomic E-state index is 12.5. The van der Waals surface area contributed by atoms with E-state index in [2.05, 4.69) is 4.99 Å². The fourth-order valence-corrected chi connectivity index (χ4v) is 3.63. The number of nitro groups is 1. The van der Waals surface area contributed by atoms with Crippen LogP contribution in [-0.2, 0) is 4.79 Å². The summed E-state index contributed by atoms with van der Waals surface area (Å²) in [6, 6.07) is 9.15. The van der Waals surface area contributed by atoms with Crippen LogP contribution in [0.1, 0.15) is 5.56 Å². The lowest BCUT2D eigenvalue weighted by Gasteiger charge is -2.07. The third kappa shape index (κ3) is 3.25. The standard InChI is InChI=1S/C18H13N3O6S/c1-20-17(23)16(7-10-2-4-13(22)12(6-10)21(24)25)28-18(20)19-11-3-5-14-15(8-11)27-9-26-14/h2-8,22H,9H2,1H3/b16-7-,19-18?. The molecule has 9 nitrogen and oxygen atoms in total. The fraction of sp³-hybridized carbons (Fsp3) is 0.111. The molecule has 0 unspecified atom stereocenters. The molecule has 0 aromatic heterocycles. The van der Waals surface area contributed by atoms with Crippen LogP contribution in [0.5, 0.6) is 17.2 Å². The van der Waals surface area contributed by atoms with Crippen molar-refractivity contribution in [2.75, 3.05) is 13.8 Å². The summed E-state index contributed by atoms with van der Waals surface area (Å²) in [4.78, 5) is 29.0. The van der Waals surface area contributed by atoms with Crippen molar-refractivity contribution in [2.24, 2.45) is 4.99 Å². The van der Waals surface area contributed by atoms with E-state index in [1.165, 1.54) is 29.2 Å². The number of phenols is 1. The topological polar surface area (TPSA) is 115 Å². The zero-order valence-corrected chi connectivity index (χ0v) is 15.3. The average molecular weight is 399 g/mol. The number of carbonyl (C=O) groups is 1. The number of phenolic OH excluding ortho intramolecular Hbond substituents is 1. The molecule has 2 aromatic carbocycles. The Kier molecular flexibility index (Phi) is 4.40. The number of nitrogens with zero attached hydrogens (tertiary/aromatic N) is 3. The van der Waals surface area contributed by atoms with E-state index in [1.54, 1.807) is 25.2 Å². The molecular formula is C18H13N3O6S. The number of hydrogen-bond donors (Lipinski definition) is 1. The largest absolute Gasteiger partial charge is 0.502 e. The number of aliphatic imine (C=N–C) groups is 1. The quantitative estimate of drug-likeness (QED) is 0.478. The summed E-state index contributed by atoms with van der Waals surface area (Å²) in [5, 5.41) is 21.0.